The molecule has 12 heavy (non-hydrogen) atoms. The van der Waals surface area contributed by atoms with Crippen molar-refractivity contribution in [3.63, 3.8) is 0 Å². The van der Waals surface area contributed by atoms with Crippen LogP contribution < -0.4 is 0 Å². The molecular weight excluding hydrogens is 222 g/mol. The highest BCUT2D eigenvalue weighted by Crippen LogP contribution is 2.05. The third kappa shape index (κ3) is 4.07. The average molecular weight is 238 g/mol. The SMILES string of the molecule is COC(=O)C(Br)CN(C)C(C)C. The van der Waals surface area contributed by atoms with Gasteiger partial charge in [-0.25, -0.2) is 0 Å². The molecule has 0 aromatic carbocycles. The maximum atomic E-state index is 11.0. The van der Waals surface area contributed by atoms with Crippen molar-refractivity contribution in [3.05, 3.63) is 0 Å². The first-order valence-electron chi connectivity index (χ1n) is 3.91. The topological polar surface area (TPSA) is 29.5 Å². The Bertz CT molecular complexity index is 150. The number of halogens is 1. The van der Waals surface area contributed by atoms with E-state index in [4.69, 9.17) is 0 Å². The highest BCUT2D eigenvalue weighted by atomic mass is 79.9. The van der Waals surface area contributed by atoms with Crippen molar-refractivity contribution in [2.75, 3.05) is 20.7 Å². The number of ether oxygens (including phenoxy) is 1. The van der Waals surface area contributed by atoms with Crippen LogP contribution in [0.2, 0.25) is 0 Å². The fourth-order valence-electron chi connectivity index (χ4n) is 0.666. The van der Waals surface area contributed by atoms with Gasteiger partial charge in [-0.3, -0.25) is 4.79 Å². The Morgan fingerprint density at radius 1 is 1.58 bits per heavy atom. The third-order valence-corrected chi connectivity index (χ3v) is 2.45. The van der Waals surface area contributed by atoms with Crippen LogP contribution in [-0.4, -0.2) is 42.4 Å². The minimum Gasteiger partial charge on any atom is -0.468 e. The van der Waals surface area contributed by atoms with Gasteiger partial charge in [0.15, 0.2) is 0 Å². The fraction of sp³-hybridized carbons (Fsp3) is 0.875. The molecule has 0 amide bonds. The molecule has 0 aliphatic rings. The third-order valence-electron chi connectivity index (χ3n) is 1.79. The number of hydrogen-bond donors (Lipinski definition) is 0. The molecule has 0 heterocycles. The van der Waals surface area contributed by atoms with E-state index in [1.807, 2.05) is 7.05 Å². The van der Waals surface area contributed by atoms with Crippen LogP contribution in [0.1, 0.15) is 13.8 Å². The molecule has 0 saturated heterocycles. The van der Waals surface area contributed by atoms with Crippen LogP contribution in [0.5, 0.6) is 0 Å². The Hall–Kier alpha value is -0.0900. The average Bonchev–Trinajstić information content (AvgIpc) is 2.02. The summed E-state index contributed by atoms with van der Waals surface area (Å²) in [6.45, 7) is 4.83. The number of rotatable bonds is 4. The highest BCUT2D eigenvalue weighted by molar-refractivity contribution is 9.10. The van der Waals surface area contributed by atoms with Gasteiger partial charge in [-0.05, 0) is 20.9 Å². The fourth-order valence-corrected chi connectivity index (χ4v) is 1.31. The summed E-state index contributed by atoms with van der Waals surface area (Å²) in [6.07, 6.45) is 0. The van der Waals surface area contributed by atoms with E-state index in [9.17, 15) is 4.79 Å². The van der Waals surface area contributed by atoms with Gasteiger partial charge in [0.2, 0.25) is 0 Å². The molecule has 0 aromatic heterocycles. The minimum atomic E-state index is -0.227. The summed E-state index contributed by atoms with van der Waals surface area (Å²) in [6, 6.07) is 0.440. The first-order valence-corrected chi connectivity index (χ1v) is 4.82. The Labute approximate surface area is 82.2 Å². The van der Waals surface area contributed by atoms with Crippen LogP contribution in [-0.2, 0) is 9.53 Å². The van der Waals surface area contributed by atoms with Crippen LogP contribution in [0.15, 0.2) is 0 Å². The van der Waals surface area contributed by atoms with Crippen molar-refractivity contribution >= 4 is 21.9 Å². The van der Waals surface area contributed by atoms with E-state index in [1.165, 1.54) is 7.11 Å². The molecule has 0 aliphatic carbocycles. The molecule has 0 fully saturated rings. The summed E-state index contributed by atoms with van der Waals surface area (Å²) < 4.78 is 4.58. The standard InChI is InChI=1S/C8H16BrNO2/c1-6(2)10(3)5-7(9)8(11)12-4/h6-7H,5H2,1-4H3. The molecule has 0 bridgehead atoms. The lowest BCUT2D eigenvalue weighted by Gasteiger charge is -2.22. The van der Waals surface area contributed by atoms with Crippen molar-refractivity contribution < 1.29 is 9.53 Å². The number of esters is 1. The Morgan fingerprint density at radius 3 is 2.42 bits per heavy atom. The normalized spacial score (nSPS) is 13.6. The second-order valence-corrected chi connectivity index (χ2v) is 4.13. The van der Waals surface area contributed by atoms with Crippen molar-refractivity contribution in [3.8, 4) is 0 Å². The lowest BCUT2D eigenvalue weighted by Crippen LogP contribution is -2.35. The van der Waals surface area contributed by atoms with E-state index in [2.05, 4.69) is 39.4 Å². The molecule has 4 heteroatoms. The highest BCUT2D eigenvalue weighted by Gasteiger charge is 2.18. The van der Waals surface area contributed by atoms with Crippen molar-refractivity contribution in [2.24, 2.45) is 0 Å². The van der Waals surface area contributed by atoms with Gasteiger partial charge in [0, 0.05) is 12.6 Å². The van der Waals surface area contributed by atoms with E-state index in [-0.39, 0.29) is 10.8 Å². The maximum Gasteiger partial charge on any atom is 0.320 e. The number of carbonyl (C=O) groups excluding carboxylic acids is 1. The van der Waals surface area contributed by atoms with Gasteiger partial charge >= 0.3 is 5.97 Å². The van der Waals surface area contributed by atoms with Crippen molar-refractivity contribution in [2.45, 2.75) is 24.7 Å². The van der Waals surface area contributed by atoms with Crippen LogP contribution >= 0.6 is 15.9 Å². The molecule has 0 saturated carbocycles. The molecular formula is C8H16BrNO2. The number of methoxy groups -OCH3 is 1. The van der Waals surface area contributed by atoms with Gasteiger partial charge in [-0.2, -0.15) is 0 Å². The molecule has 1 unspecified atom stereocenters. The summed E-state index contributed by atoms with van der Waals surface area (Å²) in [5.74, 6) is -0.220. The van der Waals surface area contributed by atoms with Gasteiger partial charge in [-0.1, -0.05) is 15.9 Å². The van der Waals surface area contributed by atoms with Gasteiger partial charge in [0.25, 0.3) is 0 Å². The smallest absolute Gasteiger partial charge is 0.320 e. The monoisotopic (exact) mass is 237 g/mol. The zero-order chi connectivity index (χ0) is 9.72. The molecule has 3 nitrogen and oxygen atoms in total. The van der Waals surface area contributed by atoms with Gasteiger partial charge in [0.05, 0.1) is 7.11 Å². The van der Waals surface area contributed by atoms with Gasteiger partial charge in [0.1, 0.15) is 4.83 Å². The second-order valence-electron chi connectivity index (χ2n) is 3.02. The first-order chi connectivity index (χ1) is 5.49. The van der Waals surface area contributed by atoms with Crippen molar-refractivity contribution in [1.29, 1.82) is 0 Å². The molecule has 1 atom stereocenters. The zero-order valence-electron chi connectivity index (χ0n) is 8.00. The van der Waals surface area contributed by atoms with E-state index < -0.39 is 0 Å². The van der Waals surface area contributed by atoms with Gasteiger partial charge < -0.3 is 9.64 Å². The number of carbonyl (C=O) groups is 1. The molecule has 72 valence electrons. The molecule has 0 aliphatic heterocycles. The van der Waals surface area contributed by atoms with E-state index in [0.717, 1.165) is 0 Å². The lowest BCUT2D eigenvalue weighted by molar-refractivity contribution is -0.140. The predicted octanol–water partition coefficient (Wildman–Crippen LogP) is 1.26. The maximum absolute atomic E-state index is 11.0. The van der Waals surface area contributed by atoms with E-state index in [1.54, 1.807) is 0 Å². The quantitative estimate of drug-likeness (QED) is 0.545. The molecule has 0 N–H and O–H groups in total. The summed E-state index contributed by atoms with van der Waals surface area (Å²) >= 11 is 3.26. The Balaban J connectivity index is 3.83. The summed E-state index contributed by atoms with van der Waals surface area (Å²) in [7, 11) is 3.37. The Morgan fingerprint density at radius 2 is 2.08 bits per heavy atom. The number of nitrogens with zero attached hydrogens (tertiary/aromatic N) is 1. The Kier molecular flexibility index (Phi) is 5.50. The molecule has 0 aromatic rings. The second kappa shape index (κ2) is 5.54. The van der Waals surface area contributed by atoms with Crippen LogP contribution in [0.4, 0.5) is 0 Å². The number of alkyl halides is 1. The molecule has 0 radical (unpaired) electrons. The van der Waals surface area contributed by atoms with Gasteiger partial charge in [-0.15, -0.1) is 0 Å². The largest absolute Gasteiger partial charge is 0.468 e. The summed E-state index contributed by atoms with van der Waals surface area (Å²) in [4.78, 5) is 12.8. The van der Waals surface area contributed by atoms with E-state index in [0.29, 0.717) is 12.6 Å². The van der Waals surface area contributed by atoms with E-state index >= 15 is 0 Å². The number of hydrogen-bond acceptors (Lipinski definition) is 3. The lowest BCUT2D eigenvalue weighted by atomic mass is 10.3. The minimum absolute atomic E-state index is 0.220. The predicted molar refractivity (Wildman–Crippen MR) is 52.5 cm³/mol. The first kappa shape index (κ1) is 11.9. The zero-order valence-corrected chi connectivity index (χ0v) is 9.59. The van der Waals surface area contributed by atoms with Crippen LogP contribution in [0.25, 0.3) is 0 Å². The van der Waals surface area contributed by atoms with Crippen LogP contribution in [0.3, 0.4) is 0 Å². The molecule has 0 spiro atoms. The summed E-state index contributed by atoms with van der Waals surface area (Å²) in [5, 5.41) is 0. The summed E-state index contributed by atoms with van der Waals surface area (Å²) in [5.41, 5.74) is 0. The van der Waals surface area contributed by atoms with Crippen molar-refractivity contribution in [1.82, 2.24) is 4.90 Å². The molecule has 0 rings (SSSR count). The van der Waals surface area contributed by atoms with Crippen LogP contribution in [0, 0.1) is 0 Å².